The highest BCUT2D eigenvalue weighted by Crippen LogP contribution is 2.07. The number of nitrogens with one attached hydrogen (secondary N) is 3. The number of aliphatic hydroxyl groups is 1. The maximum atomic E-state index is 12.9. The van der Waals surface area contributed by atoms with Crippen LogP contribution in [0.4, 0.5) is 0 Å². The number of carboxylic acid groups (broad SMARTS) is 2. The standard InChI is InChI=1S/C20H37N7O8/c1-4-9(2)14(21)17(32)27-15(10(3)28)18(33)25-11(6-5-7-24-20(22)23)16(31)26-12(19(34)35)8-13(29)30/h9-12,14-15,28H,4-8,21H2,1-3H3,(H,25,33)(H,26,31)(H,27,32)(H,29,30)(H,34,35)(H4,22,23,24). The van der Waals surface area contributed by atoms with Crippen LogP contribution in [-0.2, 0) is 24.0 Å². The monoisotopic (exact) mass is 503 g/mol. The Hall–Kier alpha value is -3.46. The third-order valence-corrected chi connectivity index (χ3v) is 5.19. The third-order valence-electron chi connectivity index (χ3n) is 5.19. The van der Waals surface area contributed by atoms with Gasteiger partial charge in [-0.3, -0.25) is 24.2 Å². The number of nitrogens with zero attached hydrogens (tertiary/aromatic N) is 1. The molecule has 200 valence electrons. The van der Waals surface area contributed by atoms with Crippen LogP contribution in [0.25, 0.3) is 0 Å². The van der Waals surface area contributed by atoms with Gasteiger partial charge in [-0.25, -0.2) is 4.79 Å². The van der Waals surface area contributed by atoms with Crippen LogP contribution in [0.3, 0.4) is 0 Å². The van der Waals surface area contributed by atoms with Gasteiger partial charge in [0, 0.05) is 6.54 Å². The lowest BCUT2D eigenvalue weighted by molar-refractivity contribution is -0.147. The molecule has 0 fully saturated rings. The summed E-state index contributed by atoms with van der Waals surface area (Å²) in [7, 11) is 0. The maximum Gasteiger partial charge on any atom is 0.326 e. The average Bonchev–Trinajstić information content (AvgIpc) is 2.76. The number of nitrogens with two attached hydrogens (primary N) is 3. The molecule has 12 N–H and O–H groups in total. The second kappa shape index (κ2) is 15.4. The number of aliphatic hydroxyl groups excluding tert-OH is 1. The number of amides is 3. The van der Waals surface area contributed by atoms with E-state index >= 15 is 0 Å². The minimum atomic E-state index is -1.75. The molecule has 35 heavy (non-hydrogen) atoms. The number of hydrogen-bond acceptors (Lipinski definition) is 8. The van der Waals surface area contributed by atoms with Gasteiger partial charge in [0.15, 0.2) is 5.96 Å². The van der Waals surface area contributed by atoms with Crippen LogP contribution < -0.4 is 33.2 Å². The number of aliphatic carboxylic acids is 2. The van der Waals surface area contributed by atoms with Gasteiger partial charge in [-0.15, -0.1) is 0 Å². The molecule has 6 atom stereocenters. The number of rotatable bonds is 16. The zero-order chi connectivity index (χ0) is 27.3. The fourth-order valence-electron chi connectivity index (χ4n) is 2.85. The second-order valence-corrected chi connectivity index (χ2v) is 8.15. The van der Waals surface area contributed by atoms with Gasteiger partial charge < -0.3 is 48.5 Å². The minimum absolute atomic E-state index is 0.0688. The van der Waals surface area contributed by atoms with Crippen molar-refractivity contribution in [3.8, 4) is 0 Å². The van der Waals surface area contributed by atoms with E-state index in [-0.39, 0.29) is 31.3 Å². The van der Waals surface area contributed by atoms with Crippen molar-refractivity contribution >= 4 is 35.6 Å². The molecule has 15 nitrogen and oxygen atoms in total. The van der Waals surface area contributed by atoms with Crippen molar-refractivity contribution in [2.24, 2.45) is 28.1 Å². The highest BCUT2D eigenvalue weighted by atomic mass is 16.4. The zero-order valence-corrected chi connectivity index (χ0v) is 20.1. The molecule has 0 rings (SSSR count). The molecule has 0 aromatic carbocycles. The molecule has 0 aliphatic rings. The van der Waals surface area contributed by atoms with E-state index < -0.39 is 66.4 Å². The molecule has 0 saturated heterocycles. The van der Waals surface area contributed by atoms with Crippen LogP contribution in [0.2, 0.25) is 0 Å². The molecule has 0 aliphatic carbocycles. The molecule has 0 radical (unpaired) electrons. The van der Waals surface area contributed by atoms with Gasteiger partial charge >= 0.3 is 11.9 Å². The van der Waals surface area contributed by atoms with E-state index in [9.17, 15) is 34.2 Å². The molecule has 0 aromatic rings. The van der Waals surface area contributed by atoms with Crippen molar-refractivity contribution < 1.29 is 39.3 Å². The Morgan fingerprint density at radius 3 is 1.94 bits per heavy atom. The van der Waals surface area contributed by atoms with E-state index in [2.05, 4.69) is 20.9 Å². The van der Waals surface area contributed by atoms with Crippen LogP contribution >= 0.6 is 0 Å². The highest BCUT2D eigenvalue weighted by molar-refractivity contribution is 5.95. The van der Waals surface area contributed by atoms with E-state index in [1.807, 2.05) is 6.92 Å². The van der Waals surface area contributed by atoms with Gasteiger partial charge in [0.2, 0.25) is 17.7 Å². The Morgan fingerprint density at radius 2 is 1.49 bits per heavy atom. The molecule has 0 bridgehead atoms. The van der Waals surface area contributed by atoms with Crippen LogP contribution in [0.5, 0.6) is 0 Å². The Kier molecular flexibility index (Phi) is 13.9. The second-order valence-electron chi connectivity index (χ2n) is 8.15. The molecular weight excluding hydrogens is 466 g/mol. The van der Waals surface area contributed by atoms with E-state index in [1.54, 1.807) is 6.92 Å². The van der Waals surface area contributed by atoms with Gasteiger partial charge in [0.05, 0.1) is 18.6 Å². The number of aliphatic imine (C=N–C) groups is 1. The molecule has 6 unspecified atom stereocenters. The van der Waals surface area contributed by atoms with Crippen LogP contribution in [-0.4, -0.2) is 87.8 Å². The summed E-state index contributed by atoms with van der Waals surface area (Å²) in [6.07, 6.45) is -1.56. The lowest BCUT2D eigenvalue weighted by atomic mass is 9.98. The van der Waals surface area contributed by atoms with E-state index in [4.69, 9.17) is 22.3 Å². The average molecular weight is 504 g/mol. The predicted octanol–water partition coefficient (Wildman–Crippen LogP) is -3.19. The Labute approximate surface area is 202 Å². The number of hydrogen-bond donors (Lipinski definition) is 9. The normalized spacial score (nSPS) is 15.9. The summed E-state index contributed by atoms with van der Waals surface area (Å²) < 4.78 is 0. The first-order valence-electron chi connectivity index (χ1n) is 11.1. The number of carboxylic acids is 2. The smallest absolute Gasteiger partial charge is 0.326 e. The van der Waals surface area contributed by atoms with E-state index in [0.29, 0.717) is 6.42 Å². The van der Waals surface area contributed by atoms with Crippen molar-refractivity contribution in [1.82, 2.24) is 16.0 Å². The third kappa shape index (κ3) is 12.0. The first-order valence-corrected chi connectivity index (χ1v) is 11.1. The fraction of sp³-hybridized carbons (Fsp3) is 0.700. The van der Waals surface area contributed by atoms with E-state index in [0.717, 1.165) is 0 Å². The molecular formula is C20H37N7O8. The van der Waals surface area contributed by atoms with Crippen molar-refractivity contribution in [3.63, 3.8) is 0 Å². The largest absolute Gasteiger partial charge is 0.481 e. The number of guanidine groups is 1. The SMILES string of the molecule is CCC(C)C(N)C(=O)NC(C(=O)NC(CCCN=C(N)N)C(=O)NC(CC(=O)O)C(=O)O)C(C)O. The van der Waals surface area contributed by atoms with Crippen molar-refractivity contribution in [2.45, 2.75) is 76.7 Å². The topological polar surface area (TPSA) is 273 Å². The quantitative estimate of drug-likeness (QED) is 0.0574. The first kappa shape index (κ1) is 31.5. The van der Waals surface area contributed by atoms with Crippen molar-refractivity contribution in [2.75, 3.05) is 6.54 Å². The minimum Gasteiger partial charge on any atom is -0.481 e. The highest BCUT2D eigenvalue weighted by Gasteiger charge is 2.33. The molecule has 15 heteroatoms. The predicted molar refractivity (Wildman–Crippen MR) is 125 cm³/mol. The summed E-state index contributed by atoms with van der Waals surface area (Å²) in [5, 5.41) is 34.9. The maximum absolute atomic E-state index is 12.9. The summed E-state index contributed by atoms with van der Waals surface area (Å²) in [5.74, 6) is -6.04. The molecule has 3 amide bonds. The summed E-state index contributed by atoms with van der Waals surface area (Å²) in [6, 6.07) is -5.52. The van der Waals surface area contributed by atoms with Gasteiger partial charge in [0.25, 0.3) is 0 Å². The van der Waals surface area contributed by atoms with Crippen LogP contribution in [0, 0.1) is 5.92 Å². The lowest BCUT2D eigenvalue weighted by Gasteiger charge is -2.27. The summed E-state index contributed by atoms with van der Waals surface area (Å²) in [5.41, 5.74) is 16.4. The summed E-state index contributed by atoms with van der Waals surface area (Å²) >= 11 is 0. The Morgan fingerprint density at radius 1 is 0.914 bits per heavy atom. The Bertz CT molecular complexity index is 785. The lowest BCUT2D eigenvalue weighted by Crippen LogP contribution is -2.60. The summed E-state index contributed by atoms with van der Waals surface area (Å²) in [4.78, 5) is 64.0. The summed E-state index contributed by atoms with van der Waals surface area (Å²) in [6.45, 7) is 4.91. The number of carbonyl (C=O) groups excluding carboxylic acids is 3. The van der Waals surface area contributed by atoms with Gasteiger partial charge in [-0.2, -0.15) is 0 Å². The van der Waals surface area contributed by atoms with Crippen molar-refractivity contribution in [3.05, 3.63) is 0 Å². The van der Waals surface area contributed by atoms with Gasteiger partial charge in [-0.1, -0.05) is 20.3 Å². The van der Waals surface area contributed by atoms with Crippen molar-refractivity contribution in [1.29, 1.82) is 0 Å². The molecule has 0 aliphatic heterocycles. The zero-order valence-electron chi connectivity index (χ0n) is 20.1. The van der Waals surface area contributed by atoms with Gasteiger partial charge in [-0.05, 0) is 25.7 Å². The molecule has 0 aromatic heterocycles. The molecule has 0 spiro atoms. The van der Waals surface area contributed by atoms with Gasteiger partial charge in [0.1, 0.15) is 18.1 Å². The Balaban J connectivity index is 5.62. The number of carbonyl (C=O) groups is 5. The first-order chi connectivity index (χ1) is 16.2. The fourth-order valence-corrected chi connectivity index (χ4v) is 2.85. The molecule has 0 saturated carbocycles. The molecule has 0 heterocycles. The van der Waals surface area contributed by atoms with Crippen LogP contribution in [0.1, 0.15) is 46.5 Å². The van der Waals surface area contributed by atoms with Crippen LogP contribution in [0.15, 0.2) is 4.99 Å². The van der Waals surface area contributed by atoms with E-state index in [1.165, 1.54) is 6.92 Å².